The summed E-state index contributed by atoms with van der Waals surface area (Å²) in [6.45, 7) is 4.03. The molecule has 19 heavy (non-hydrogen) atoms. The van der Waals surface area contributed by atoms with Gasteiger partial charge in [0.2, 0.25) is 0 Å². The van der Waals surface area contributed by atoms with Crippen molar-refractivity contribution >= 4 is 11.6 Å². The maximum atomic E-state index is 6.17. The van der Waals surface area contributed by atoms with E-state index in [0.29, 0.717) is 30.9 Å². The fourth-order valence-corrected chi connectivity index (χ4v) is 2.83. The third-order valence-corrected chi connectivity index (χ3v) is 4.03. The standard InChI is InChI=1S/C14H19ClN2O2/c1-2-19-14(5-7-18-8-6-14)13-16-11(10-3-4-10)9-12(15)17-13/h9-10H,2-8H2,1H3. The van der Waals surface area contributed by atoms with Crippen molar-refractivity contribution < 1.29 is 9.47 Å². The summed E-state index contributed by atoms with van der Waals surface area (Å²) in [4.78, 5) is 9.17. The molecule has 2 fully saturated rings. The summed E-state index contributed by atoms with van der Waals surface area (Å²) in [6.07, 6.45) is 4.01. The molecule has 0 amide bonds. The average molecular weight is 283 g/mol. The zero-order chi connectivity index (χ0) is 13.3. The molecule has 1 saturated carbocycles. The third-order valence-electron chi connectivity index (χ3n) is 3.84. The predicted molar refractivity (Wildman–Crippen MR) is 72.4 cm³/mol. The van der Waals surface area contributed by atoms with E-state index in [-0.39, 0.29) is 0 Å². The molecule has 0 atom stereocenters. The molecule has 1 aliphatic heterocycles. The van der Waals surface area contributed by atoms with Gasteiger partial charge in [-0.15, -0.1) is 0 Å². The van der Waals surface area contributed by atoms with E-state index in [1.807, 2.05) is 13.0 Å². The van der Waals surface area contributed by atoms with Crippen LogP contribution < -0.4 is 0 Å². The second kappa shape index (κ2) is 5.35. The zero-order valence-corrected chi connectivity index (χ0v) is 11.9. The van der Waals surface area contributed by atoms with Crippen LogP contribution in [0.15, 0.2) is 6.07 Å². The van der Waals surface area contributed by atoms with Gasteiger partial charge in [-0.05, 0) is 25.8 Å². The Morgan fingerprint density at radius 1 is 1.37 bits per heavy atom. The van der Waals surface area contributed by atoms with E-state index in [4.69, 9.17) is 26.1 Å². The molecule has 0 spiro atoms. The lowest BCUT2D eigenvalue weighted by Crippen LogP contribution is -2.38. The van der Waals surface area contributed by atoms with Crippen LogP contribution in [-0.2, 0) is 15.1 Å². The SMILES string of the molecule is CCOC1(c2nc(Cl)cc(C3CC3)n2)CCOCC1. The highest BCUT2D eigenvalue weighted by molar-refractivity contribution is 6.29. The van der Waals surface area contributed by atoms with Crippen LogP contribution in [0.1, 0.15) is 50.0 Å². The minimum atomic E-state index is -0.415. The zero-order valence-electron chi connectivity index (χ0n) is 11.2. The minimum absolute atomic E-state index is 0.415. The molecular weight excluding hydrogens is 264 g/mol. The summed E-state index contributed by atoms with van der Waals surface area (Å²) in [5.74, 6) is 1.31. The van der Waals surface area contributed by atoms with E-state index < -0.39 is 5.60 Å². The van der Waals surface area contributed by atoms with Crippen LogP contribution >= 0.6 is 11.6 Å². The Morgan fingerprint density at radius 3 is 2.74 bits per heavy atom. The summed E-state index contributed by atoms with van der Waals surface area (Å²) in [7, 11) is 0. The largest absolute Gasteiger partial charge is 0.381 e. The van der Waals surface area contributed by atoms with Crippen molar-refractivity contribution in [3.63, 3.8) is 0 Å². The van der Waals surface area contributed by atoms with Crippen LogP contribution in [0.5, 0.6) is 0 Å². The molecule has 5 heteroatoms. The van der Waals surface area contributed by atoms with Crippen molar-refractivity contribution in [2.24, 2.45) is 0 Å². The van der Waals surface area contributed by atoms with E-state index >= 15 is 0 Å². The maximum absolute atomic E-state index is 6.17. The van der Waals surface area contributed by atoms with Crippen LogP contribution in [0.4, 0.5) is 0 Å². The smallest absolute Gasteiger partial charge is 0.162 e. The van der Waals surface area contributed by atoms with Gasteiger partial charge in [-0.3, -0.25) is 0 Å². The molecule has 4 nitrogen and oxygen atoms in total. The highest BCUT2D eigenvalue weighted by atomic mass is 35.5. The van der Waals surface area contributed by atoms with E-state index in [9.17, 15) is 0 Å². The minimum Gasteiger partial charge on any atom is -0.381 e. The Kier molecular flexibility index (Phi) is 3.74. The topological polar surface area (TPSA) is 44.2 Å². The maximum Gasteiger partial charge on any atom is 0.162 e. The molecule has 3 rings (SSSR count). The first-order valence-corrected chi connectivity index (χ1v) is 7.38. The first-order valence-electron chi connectivity index (χ1n) is 7.00. The molecule has 0 aromatic carbocycles. The number of hydrogen-bond acceptors (Lipinski definition) is 4. The second-order valence-electron chi connectivity index (χ2n) is 5.25. The van der Waals surface area contributed by atoms with Crippen LogP contribution in [0, 0.1) is 0 Å². The first kappa shape index (κ1) is 13.3. The normalized spacial score (nSPS) is 22.4. The molecule has 0 bridgehead atoms. The highest BCUT2D eigenvalue weighted by Crippen LogP contribution is 2.41. The van der Waals surface area contributed by atoms with E-state index in [0.717, 1.165) is 24.4 Å². The molecular formula is C14H19ClN2O2. The summed E-state index contributed by atoms with van der Waals surface area (Å²) in [5, 5.41) is 0.525. The van der Waals surface area contributed by atoms with Crippen LogP contribution in [-0.4, -0.2) is 29.8 Å². The lowest BCUT2D eigenvalue weighted by atomic mass is 9.92. The quantitative estimate of drug-likeness (QED) is 0.796. The fraction of sp³-hybridized carbons (Fsp3) is 0.714. The van der Waals surface area contributed by atoms with Crippen molar-refractivity contribution in [2.75, 3.05) is 19.8 Å². The lowest BCUT2D eigenvalue weighted by Gasteiger charge is -2.35. The van der Waals surface area contributed by atoms with Gasteiger partial charge in [-0.1, -0.05) is 11.6 Å². The van der Waals surface area contributed by atoms with Gasteiger partial charge in [0, 0.05) is 44.3 Å². The molecule has 1 aliphatic carbocycles. The van der Waals surface area contributed by atoms with Gasteiger partial charge in [0.25, 0.3) is 0 Å². The van der Waals surface area contributed by atoms with Crippen molar-refractivity contribution in [1.82, 2.24) is 9.97 Å². The number of rotatable bonds is 4. The van der Waals surface area contributed by atoms with Gasteiger partial charge in [0.15, 0.2) is 5.82 Å². The molecule has 1 saturated heterocycles. The molecule has 0 N–H and O–H groups in total. The monoisotopic (exact) mass is 282 g/mol. The number of hydrogen-bond donors (Lipinski definition) is 0. The van der Waals surface area contributed by atoms with Crippen LogP contribution in [0.2, 0.25) is 5.15 Å². The lowest BCUT2D eigenvalue weighted by molar-refractivity contribution is -0.117. The number of nitrogens with zero attached hydrogens (tertiary/aromatic N) is 2. The molecule has 0 radical (unpaired) electrons. The molecule has 104 valence electrons. The molecule has 2 aliphatic rings. The Morgan fingerprint density at radius 2 is 2.11 bits per heavy atom. The van der Waals surface area contributed by atoms with E-state index in [1.165, 1.54) is 12.8 Å². The summed E-state index contributed by atoms with van der Waals surface area (Å²) < 4.78 is 11.4. The number of halogens is 1. The van der Waals surface area contributed by atoms with Crippen molar-refractivity contribution in [3.05, 3.63) is 22.7 Å². The summed E-state index contributed by atoms with van der Waals surface area (Å²) in [6, 6.07) is 1.89. The third kappa shape index (κ3) is 2.76. The molecule has 2 heterocycles. The summed E-state index contributed by atoms with van der Waals surface area (Å²) >= 11 is 6.17. The van der Waals surface area contributed by atoms with Crippen molar-refractivity contribution in [2.45, 2.75) is 44.1 Å². The molecule has 0 unspecified atom stereocenters. The van der Waals surface area contributed by atoms with E-state index in [1.54, 1.807) is 0 Å². The van der Waals surface area contributed by atoms with Gasteiger partial charge in [0.1, 0.15) is 10.8 Å². The highest BCUT2D eigenvalue weighted by Gasteiger charge is 2.39. The Balaban J connectivity index is 1.96. The van der Waals surface area contributed by atoms with Gasteiger partial charge in [-0.2, -0.15) is 0 Å². The number of aromatic nitrogens is 2. The Bertz CT molecular complexity index is 451. The first-order chi connectivity index (χ1) is 9.23. The number of ether oxygens (including phenoxy) is 2. The Labute approximate surface area is 118 Å². The second-order valence-corrected chi connectivity index (χ2v) is 5.64. The Hall–Kier alpha value is -0.710. The fourth-order valence-electron chi connectivity index (χ4n) is 2.64. The van der Waals surface area contributed by atoms with Gasteiger partial charge >= 0.3 is 0 Å². The molecule has 1 aromatic rings. The van der Waals surface area contributed by atoms with Crippen molar-refractivity contribution in [1.29, 1.82) is 0 Å². The average Bonchev–Trinajstić information content (AvgIpc) is 3.24. The van der Waals surface area contributed by atoms with Crippen LogP contribution in [0.25, 0.3) is 0 Å². The van der Waals surface area contributed by atoms with Crippen LogP contribution in [0.3, 0.4) is 0 Å². The van der Waals surface area contributed by atoms with Gasteiger partial charge in [0.05, 0.1) is 0 Å². The van der Waals surface area contributed by atoms with E-state index in [2.05, 4.69) is 4.98 Å². The van der Waals surface area contributed by atoms with Crippen molar-refractivity contribution in [3.8, 4) is 0 Å². The predicted octanol–water partition coefficient (Wildman–Crippen LogP) is 3.05. The van der Waals surface area contributed by atoms with Gasteiger partial charge in [-0.25, -0.2) is 9.97 Å². The van der Waals surface area contributed by atoms with Gasteiger partial charge < -0.3 is 9.47 Å². The molecule has 1 aromatic heterocycles. The summed E-state index contributed by atoms with van der Waals surface area (Å²) in [5.41, 5.74) is 0.655.